The van der Waals surface area contributed by atoms with Crippen LogP contribution in [0.5, 0.6) is 0 Å². The Bertz CT molecular complexity index is 305. The molecule has 1 aromatic carbocycles. The summed E-state index contributed by atoms with van der Waals surface area (Å²) in [6.45, 7) is 0.539. The average molecular weight is 196 g/mol. The van der Waals surface area contributed by atoms with Gasteiger partial charge in [0.2, 0.25) is 0 Å². The number of halogens is 1. The van der Waals surface area contributed by atoms with Gasteiger partial charge in [0.1, 0.15) is 0 Å². The van der Waals surface area contributed by atoms with Gasteiger partial charge in [-0.2, -0.15) is 0 Å². The summed E-state index contributed by atoms with van der Waals surface area (Å²) in [7, 11) is 0. The lowest BCUT2D eigenvalue weighted by molar-refractivity contribution is 0.830. The van der Waals surface area contributed by atoms with Crippen molar-refractivity contribution in [1.29, 1.82) is 0 Å². The van der Waals surface area contributed by atoms with Gasteiger partial charge in [0, 0.05) is 11.6 Å². The Hall–Kier alpha value is -0.530. The molecule has 0 bridgehead atoms. The number of nitrogens with two attached hydrogens (primary N) is 1. The largest absolute Gasteiger partial charge is 0.326 e. The molecule has 0 spiro atoms. The van der Waals surface area contributed by atoms with E-state index in [1.54, 1.807) is 0 Å². The highest BCUT2D eigenvalue weighted by Gasteiger charge is 2.21. The quantitative estimate of drug-likeness (QED) is 0.789. The van der Waals surface area contributed by atoms with Crippen molar-refractivity contribution < 1.29 is 0 Å². The van der Waals surface area contributed by atoms with Gasteiger partial charge in [-0.15, -0.1) is 0 Å². The molecule has 2 rings (SSSR count). The molecule has 1 nitrogen and oxygen atoms in total. The topological polar surface area (TPSA) is 26.0 Å². The Morgan fingerprint density at radius 3 is 2.77 bits per heavy atom. The van der Waals surface area contributed by atoms with Crippen LogP contribution in [0.25, 0.3) is 0 Å². The standard InChI is InChI=1S/C11H14ClN/c12-11-4-3-9(5-8-1-2-8)6-10(11)7-13/h3-4,6,8H,1-2,5,7,13H2. The second-order valence-corrected chi connectivity index (χ2v) is 4.18. The van der Waals surface area contributed by atoms with Gasteiger partial charge in [-0.25, -0.2) is 0 Å². The molecule has 2 heteroatoms. The van der Waals surface area contributed by atoms with E-state index in [1.807, 2.05) is 6.07 Å². The molecule has 2 N–H and O–H groups in total. The SMILES string of the molecule is NCc1cc(CC2CC2)ccc1Cl. The van der Waals surface area contributed by atoms with E-state index in [4.69, 9.17) is 17.3 Å². The van der Waals surface area contributed by atoms with Gasteiger partial charge in [0.25, 0.3) is 0 Å². The Kier molecular flexibility index (Phi) is 2.56. The number of rotatable bonds is 3. The first kappa shape index (κ1) is 9.04. The van der Waals surface area contributed by atoms with Gasteiger partial charge in [-0.05, 0) is 42.4 Å². The molecular weight excluding hydrogens is 182 g/mol. The van der Waals surface area contributed by atoms with E-state index in [0.717, 1.165) is 16.5 Å². The van der Waals surface area contributed by atoms with Crippen LogP contribution in [0.4, 0.5) is 0 Å². The summed E-state index contributed by atoms with van der Waals surface area (Å²) in [4.78, 5) is 0. The van der Waals surface area contributed by atoms with Crippen molar-refractivity contribution in [3.63, 3.8) is 0 Å². The molecule has 70 valence electrons. The highest BCUT2D eigenvalue weighted by Crippen LogP contribution is 2.33. The summed E-state index contributed by atoms with van der Waals surface area (Å²) in [5.41, 5.74) is 8.03. The molecule has 1 aromatic rings. The Balaban J connectivity index is 2.16. The fourth-order valence-corrected chi connectivity index (χ4v) is 1.76. The maximum absolute atomic E-state index is 5.97. The van der Waals surface area contributed by atoms with Gasteiger partial charge in [0.05, 0.1) is 0 Å². The predicted octanol–water partition coefficient (Wildman–Crippen LogP) is 2.75. The molecule has 1 fully saturated rings. The third kappa shape index (κ3) is 2.23. The average Bonchev–Trinajstić information content (AvgIpc) is 2.92. The van der Waals surface area contributed by atoms with Gasteiger partial charge in [0.15, 0.2) is 0 Å². The van der Waals surface area contributed by atoms with Crippen molar-refractivity contribution in [2.75, 3.05) is 0 Å². The first-order valence-electron chi connectivity index (χ1n) is 4.77. The van der Waals surface area contributed by atoms with Crippen molar-refractivity contribution in [3.8, 4) is 0 Å². The summed E-state index contributed by atoms with van der Waals surface area (Å²) < 4.78 is 0. The van der Waals surface area contributed by atoms with E-state index in [2.05, 4.69) is 12.1 Å². The highest BCUT2D eigenvalue weighted by molar-refractivity contribution is 6.31. The molecule has 1 aliphatic carbocycles. The van der Waals surface area contributed by atoms with Crippen LogP contribution in [-0.4, -0.2) is 0 Å². The molecule has 0 aromatic heterocycles. The van der Waals surface area contributed by atoms with E-state index in [0.29, 0.717) is 6.54 Å². The molecule has 1 saturated carbocycles. The summed E-state index contributed by atoms with van der Waals surface area (Å²) in [6.07, 6.45) is 3.98. The van der Waals surface area contributed by atoms with Crippen LogP contribution in [0.1, 0.15) is 24.0 Å². The van der Waals surface area contributed by atoms with Crippen molar-refractivity contribution in [3.05, 3.63) is 34.3 Å². The van der Waals surface area contributed by atoms with E-state index < -0.39 is 0 Å². The molecule has 0 radical (unpaired) electrons. The fourth-order valence-electron chi connectivity index (χ4n) is 1.57. The van der Waals surface area contributed by atoms with Gasteiger partial charge < -0.3 is 5.73 Å². The van der Waals surface area contributed by atoms with E-state index in [-0.39, 0.29) is 0 Å². The Morgan fingerprint density at radius 2 is 2.15 bits per heavy atom. The maximum atomic E-state index is 5.97. The summed E-state index contributed by atoms with van der Waals surface area (Å²) in [5.74, 6) is 0.923. The monoisotopic (exact) mass is 195 g/mol. The second kappa shape index (κ2) is 3.69. The lowest BCUT2D eigenvalue weighted by Gasteiger charge is -2.04. The van der Waals surface area contributed by atoms with Crippen molar-refractivity contribution in [1.82, 2.24) is 0 Å². The number of benzene rings is 1. The molecule has 1 aliphatic rings. The molecule has 0 heterocycles. The molecule has 0 amide bonds. The minimum atomic E-state index is 0.539. The van der Waals surface area contributed by atoms with Crippen LogP contribution < -0.4 is 5.73 Å². The summed E-state index contributed by atoms with van der Waals surface area (Å²) in [6, 6.07) is 6.21. The highest BCUT2D eigenvalue weighted by atomic mass is 35.5. The van der Waals surface area contributed by atoms with Crippen molar-refractivity contribution in [2.45, 2.75) is 25.8 Å². The summed E-state index contributed by atoms with van der Waals surface area (Å²) in [5, 5.41) is 0.794. The molecule has 0 aliphatic heterocycles. The zero-order valence-electron chi connectivity index (χ0n) is 7.59. The Labute approximate surface area is 83.9 Å². The van der Waals surface area contributed by atoms with Crippen LogP contribution in [0, 0.1) is 5.92 Å². The molecule has 13 heavy (non-hydrogen) atoms. The third-order valence-electron chi connectivity index (χ3n) is 2.55. The minimum Gasteiger partial charge on any atom is -0.326 e. The fraction of sp³-hybridized carbons (Fsp3) is 0.455. The lowest BCUT2D eigenvalue weighted by atomic mass is 10.1. The van der Waals surface area contributed by atoms with Gasteiger partial charge >= 0.3 is 0 Å². The normalized spacial score (nSPS) is 16.2. The van der Waals surface area contributed by atoms with Crippen molar-refractivity contribution in [2.24, 2.45) is 11.7 Å². The summed E-state index contributed by atoms with van der Waals surface area (Å²) >= 11 is 5.97. The molecule has 0 unspecified atom stereocenters. The van der Waals surface area contributed by atoms with Crippen LogP contribution >= 0.6 is 11.6 Å². The molecular formula is C11H14ClN. The molecule has 0 saturated heterocycles. The van der Waals surface area contributed by atoms with Gasteiger partial charge in [-0.3, -0.25) is 0 Å². The lowest BCUT2D eigenvalue weighted by Crippen LogP contribution is -1.98. The second-order valence-electron chi connectivity index (χ2n) is 3.78. The van der Waals surface area contributed by atoms with Crippen LogP contribution in [0.2, 0.25) is 5.02 Å². The first-order valence-corrected chi connectivity index (χ1v) is 5.15. The number of hydrogen-bond donors (Lipinski definition) is 1. The third-order valence-corrected chi connectivity index (χ3v) is 2.92. The van der Waals surface area contributed by atoms with Crippen molar-refractivity contribution >= 4 is 11.6 Å². The van der Waals surface area contributed by atoms with E-state index in [9.17, 15) is 0 Å². The van der Waals surface area contributed by atoms with Crippen LogP contribution in [0.15, 0.2) is 18.2 Å². The zero-order chi connectivity index (χ0) is 9.26. The number of hydrogen-bond acceptors (Lipinski definition) is 1. The van der Waals surface area contributed by atoms with E-state index >= 15 is 0 Å². The zero-order valence-corrected chi connectivity index (χ0v) is 8.35. The first-order chi connectivity index (χ1) is 6.29. The minimum absolute atomic E-state index is 0.539. The Morgan fingerprint density at radius 1 is 1.38 bits per heavy atom. The van der Waals surface area contributed by atoms with Crippen LogP contribution in [0.3, 0.4) is 0 Å². The van der Waals surface area contributed by atoms with Gasteiger partial charge in [-0.1, -0.05) is 23.7 Å². The smallest absolute Gasteiger partial charge is 0.0451 e. The maximum Gasteiger partial charge on any atom is 0.0451 e. The predicted molar refractivity (Wildman–Crippen MR) is 55.8 cm³/mol. The van der Waals surface area contributed by atoms with Crippen LogP contribution in [-0.2, 0) is 13.0 Å². The van der Waals surface area contributed by atoms with E-state index in [1.165, 1.54) is 24.8 Å². The molecule has 0 atom stereocenters.